The van der Waals surface area contributed by atoms with Gasteiger partial charge in [-0.05, 0) is 48.3 Å². The van der Waals surface area contributed by atoms with Gasteiger partial charge in [-0.3, -0.25) is 0 Å². The Morgan fingerprint density at radius 2 is 0.889 bits per heavy atom. The standard InChI is InChI=1S/C33H26F6O4S2/c1-29-21(15-23(44-29)17-3-7-19(8-4-17)27-40-11-12-41-27)25-26(32(36,37)33(38,39)31(25,34)35)22-16-24(45-30(22,29)2)18-5-9-20(10-6-18)28-42-13-14-43-28/h3-10,15-16,27-28H,11-14H2,1-2H3. The summed E-state index contributed by atoms with van der Waals surface area (Å²) in [5, 5.41) is 0. The van der Waals surface area contributed by atoms with Crippen LogP contribution in [-0.4, -0.2) is 53.7 Å². The second-order valence-corrected chi connectivity index (χ2v) is 14.9. The Hall–Kier alpha value is -2.48. The Morgan fingerprint density at radius 3 is 1.22 bits per heavy atom. The molecule has 2 saturated heterocycles. The number of ether oxygens (including phenoxy) is 4. The molecule has 3 fully saturated rings. The fraction of sp³-hybridized carbons (Fsp3) is 0.394. The molecule has 6 aliphatic rings. The van der Waals surface area contributed by atoms with E-state index in [1.54, 1.807) is 62.4 Å². The van der Waals surface area contributed by atoms with Gasteiger partial charge in [0.2, 0.25) is 0 Å². The molecule has 0 spiro atoms. The third kappa shape index (κ3) is 3.93. The fourth-order valence-electron chi connectivity index (χ4n) is 6.90. The minimum atomic E-state index is -5.61. The molecule has 0 amide bonds. The normalized spacial score (nSPS) is 31.7. The lowest BCUT2D eigenvalue weighted by Gasteiger charge is -2.47. The van der Waals surface area contributed by atoms with E-state index in [2.05, 4.69) is 0 Å². The quantitative estimate of drug-likeness (QED) is 0.305. The second-order valence-electron chi connectivity index (χ2n) is 12.0. The number of halogens is 6. The van der Waals surface area contributed by atoms with Gasteiger partial charge in [-0.25, -0.2) is 0 Å². The van der Waals surface area contributed by atoms with Crippen molar-refractivity contribution in [1.29, 1.82) is 0 Å². The maximum atomic E-state index is 15.7. The van der Waals surface area contributed by atoms with Gasteiger partial charge in [0.15, 0.2) is 12.6 Å². The van der Waals surface area contributed by atoms with Gasteiger partial charge in [0, 0.05) is 32.1 Å². The molecule has 0 radical (unpaired) electrons. The zero-order valence-electron chi connectivity index (χ0n) is 24.0. The zero-order chi connectivity index (χ0) is 31.6. The summed E-state index contributed by atoms with van der Waals surface area (Å²) in [6.07, 6.45) is 1.74. The van der Waals surface area contributed by atoms with Crippen LogP contribution in [0.1, 0.15) is 48.7 Å². The molecule has 2 unspecified atom stereocenters. The van der Waals surface area contributed by atoms with Crippen LogP contribution in [0.5, 0.6) is 0 Å². The van der Waals surface area contributed by atoms with E-state index in [0.29, 0.717) is 47.4 Å². The van der Waals surface area contributed by atoms with Crippen molar-refractivity contribution in [3.05, 3.63) is 105 Å². The molecule has 2 aliphatic carbocycles. The minimum absolute atomic E-state index is 0.204. The van der Waals surface area contributed by atoms with Crippen molar-refractivity contribution in [3.63, 3.8) is 0 Å². The first kappa shape index (κ1) is 29.9. The average Bonchev–Trinajstić information content (AvgIpc) is 3.84. The number of alkyl halides is 6. The number of fused-ring (bicyclic) bond motifs is 4. The number of benzene rings is 2. The second kappa shape index (κ2) is 9.77. The SMILES string of the molecule is CC12SC(c3ccc(C4OCCO4)cc3)=CC1=C1C(=C3C=C(c4ccc(C5OCCO5)cc4)SC32C)C(F)(F)C(F)(F)C1(F)F. The van der Waals surface area contributed by atoms with E-state index >= 15 is 26.3 Å². The Morgan fingerprint density at radius 1 is 0.556 bits per heavy atom. The third-order valence-electron chi connectivity index (χ3n) is 9.50. The Kier molecular flexibility index (Phi) is 6.49. The largest absolute Gasteiger partial charge is 0.380 e. The van der Waals surface area contributed by atoms with Gasteiger partial charge in [-0.15, -0.1) is 23.5 Å². The van der Waals surface area contributed by atoms with E-state index in [1.807, 2.05) is 0 Å². The molecule has 0 bridgehead atoms. The first-order valence-electron chi connectivity index (χ1n) is 14.4. The molecule has 0 aromatic heterocycles. The summed E-state index contributed by atoms with van der Waals surface area (Å²) in [6.45, 7) is 5.21. The molecule has 4 nitrogen and oxygen atoms in total. The fourth-order valence-corrected chi connectivity index (χ4v) is 10.0. The third-order valence-corrected chi connectivity index (χ3v) is 12.8. The summed E-state index contributed by atoms with van der Waals surface area (Å²) in [5.74, 6) is -15.8. The molecular weight excluding hydrogens is 638 g/mol. The van der Waals surface area contributed by atoms with Gasteiger partial charge in [0.05, 0.1) is 35.9 Å². The van der Waals surface area contributed by atoms with Crippen LogP contribution in [0.15, 0.2) is 83.0 Å². The minimum Gasteiger partial charge on any atom is -0.346 e. The van der Waals surface area contributed by atoms with Crippen LogP contribution >= 0.6 is 23.5 Å². The van der Waals surface area contributed by atoms with Crippen LogP contribution in [0.4, 0.5) is 26.3 Å². The molecule has 45 heavy (non-hydrogen) atoms. The molecule has 4 heterocycles. The van der Waals surface area contributed by atoms with Crippen LogP contribution in [0.2, 0.25) is 0 Å². The van der Waals surface area contributed by atoms with Crippen LogP contribution in [0.3, 0.4) is 0 Å². The van der Waals surface area contributed by atoms with Crippen molar-refractivity contribution >= 4 is 33.3 Å². The first-order chi connectivity index (χ1) is 21.3. The molecular formula is C33H26F6O4S2. The highest BCUT2D eigenvalue weighted by atomic mass is 32.2. The van der Waals surface area contributed by atoms with Crippen molar-refractivity contribution in [2.24, 2.45) is 0 Å². The number of hydrogen-bond acceptors (Lipinski definition) is 6. The van der Waals surface area contributed by atoms with Gasteiger partial charge < -0.3 is 18.9 Å². The predicted molar refractivity (Wildman–Crippen MR) is 159 cm³/mol. The lowest BCUT2D eigenvalue weighted by molar-refractivity contribution is -0.258. The number of allylic oxidation sites excluding steroid dienone is 4. The summed E-state index contributed by atoms with van der Waals surface area (Å²) in [6, 6.07) is 14.2. The molecule has 4 aliphatic heterocycles. The van der Waals surface area contributed by atoms with Crippen LogP contribution in [-0.2, 0) is 18.9 Å². The Bertz CT molecular complexity index is 1590. The molecule has 236 valence electrons. The molecule has 12 heteroatoms. The van der Waals surface area contributed by atoms with Crippen molar-refractivity contribution in [1.82, 2.24) is 0 Å². The van der Waals surface area contributed by atoms with E-state index < -0.39 is 51.0 Å². The van der Waals surface area contributed by atoms with E-state index in [-0.39, 0.29) is 11.1 Å². The highest BCUT2D eigenvalue weighted by Gasteiger charge is 2.84. The van der Waals surface area contributed by atoms with Gasteiger partial charge in [0.25, 0.3) is 0 Å². The summed E-state index contributed by atoms with van der Waals surface area (Å²) in [5.41, 5.74) is -0.146. The average molecular weight is 665 g/mol. The molecule has 2 aromatic rings. The van der Waals surface area contributed by atoms with E-state index in [0.717, 1.165) is 11.1 Å². The van der Waals surface area contributed by atoms with E-state index in [1.165, 1.54) is 35.7 Å². The topological polar surface area (TPSA) is 36.9 Å². The molecule has 2 aromatic carbocycles. The first-order valence-corrected chi connectivity index (χ1v) is 16.1. The van der Waals surface area contributed by atoms with Crippen LogP contribution < -0.4 is 0 Å². The van der Waals surface area contributed by atoms with Gasteiger partial charge in [0.1, 0.15) is 0 Å². The Labute approximate surface area is 263 Å². The maximum Gasteiger partial charge on any atom is 0.380 e. The summed E-state index contributed by atoms with van der Waals surface area (Å²) in [7, 11) is 0. The lowest BCUT2D eigenvalue weighted by atomic mass is 9.71. The summed E-state index contributed by atoms with van der Waals surface area (Å²) in [4.78, 5) is 1.04. The van der Waals surface area contributed by atoms with Gasteiger partial charge in [-0.2, -0.15) is 26.3 Å². The molecule has 8 rings (SSSR count). The lowest BCUT2D eigenvalue weighted by Crippen LogP contribution is -2.48. The highest BCUT2D eigenvalue weighted by Crippen LogP contribution is 2.75. The van der Waals surface area contributed by atoms with Crippen molar-refractivity contribution < 1.29 is 45.3 Å². The van der Waals surface area contributed by atoms with Crippen molar-refractivity contribution in [2.75, 3.05) is 26.4 Å². The highest BCUT2D eigenvalue weighted by molar-refractivity contribution is 8.14. The van der Waals surface area contributed by atoms with Crippen LogP contribution in [0, 0.1) is 0 Å². The van der Waals surface area contributed by atoms with Crippen molar-refractivity contribution in [2.45, 2.75) is 53.7 Å². The van der Waals surface area contributed by atoms with Crippen LogP contribution in [0.25, 0.3) is 9.81 Å². The number of thioether (sulfide) groups is 2. The zero-order valence-corrected chi connectivity index (χ0v) is 25.6. The number of rotatable bonds is 4. The van der Waals surface area contributed by atoms with E-state index in [9.17, 15) is 0 Å². The Balaban J connectivity index is 1.25. The van der Waals surface area contributed by atoms with Crippen molar-refractivity contribution in [3.8, 4) is 0 Å². The molecule has 1 saturated carbocycles. The summed E-state index contributed by atoms with van der Waals surface area (Å²) >= 11 is 2.45. The smallest absolute Gasteiger partial charge is 0.346 e. The monoisotopic (exact) mass is 664 g/mol. The molecule has 0 N–H and O–H groups in total. The van der Waals surface area contributed by atoms with E-state index in [4.69, 9.17) is 18.9 Å². The maximum absolute atomic E-state index is 15.7. The number of hydrogen-bond donors (Lipinski definition) is 0. The van der Waals surface area contributed by atoms with Gasteiger partial charge >= 0.3 is 17.8 Å². The van der Waals surface area contributed by atoms with Gasteiger partial charge in [-0.1, -0.05) is 48.5 Å². The summed E-state index contributed by atoms with van der Waals surface area (Å²) < 4.78 is 113. The molecule has 2 atom stereocenters. The predicted octanol–water partition coefficient (Wildman–Crippen LogP) is 8.70.